The van der Waals surface area contributed by atoms with Crippen LogP contribution in [-0.4, -0.2) is 35.7 Å². The van der Waals surface area contributed by atoms with Crippen molar-refractivity contribution in [2.75, 3.05) is 19.7 Å². The standard InChI is InChI=1S/C17H19FN2O/c18-16-5-3-14(4-6-16)12-20-8-9-21-17(13-20)10-15-2-1-7-19-11-15/h1-7,11,17H,8-10,12-13H2. The van der Waals surface area contributed by atoms with Gasteiger partial charge in [-0.2, -0.15) is 0 Å². The third kappa shape index (κ3) is 4.09. The lowest BCUT2D eigenvalue weighted by Crippen LogP contribution is -2.42. The largest absolute Gasteiger partial charge is 0.375 e. The predicted molar refractivity (Wildman–Crippen MR) is 79.4 cm³/mol. The highest BCUT2D eigenvalue weighted by molar-refractivity contribution is 5.16. The zero-order valence-corrected chi connectivity index (χ0v) is 11.9. The maximum atomic E-state index is 12.9. The maximum absolute atomic E-state index is 12.9. The van der Waals surface area contributed by atoms with E-state index < -0.39 is 0 Å². The van der Waals surface area contributed by atoms with Crippen molar-refractivity contribution in [3.63, 3.8) is 0 Å². The summed E-state index contributed by atoms with van der Waals surface area (Å²) in [4.78, 5) is 6.50. The molecule has 4 heteroatoms. The Bertz CT molecular complexity index is 559. The number of nitrogens with zero attached hydrogens (tertiary/aromatic N) is 2. The Kier molecular flexibility index (Phi) is 4.58. The monoisotopic (exact) mass is 286 g/mol. The topological polar surface area (TPSA) is 25.4 Å². The molecule has 3 rings (SSSR count). The summed E-state index contributed by atoms with van der Waals surface area (Å²) in [5, 5.41) is 0. The third-order valence-corrected chi connectivity index (χ3v) is 3.73. The van der Waals surface area contributed by atoms with Crippen LogP contribution in [0.3, 0.4) is 0 Å². The van der Waals surface area contributed by atoms with E-state index in [1.165, 1.54) is 17.7 Å². The van der Waals surface area contributed by atoms with Crippen molar-refractivity contribution in [2.24, 2.45) is 0 Å². The average Bonchev–Trinajstić information content (AvgIpc) is 2.51. The second-order valence-electron chi connectivity index (χ2n) is 5.42. The SMILES string of the molecule is Fc1ccc(CN2CCOC(Cc3cccnc3)C2)cc1. The van der Waals surface area contributed by atoms with Gasteiger partial charge in [0, 0.05) is 38.4 Å². The fourth-order valence-corrected chi connectivity index (χ4v) is 2.68. The quantitative estimate of drug-likeness (QED) is 0.864. The van der Waals surface area contributed by atoms with E-state index in [1.54, 1.807) is 6.20 Å². The molecule has 0 saturated carbocycles. The molecule has 1 fully saturated rings. The molecule has 1 aromatic carbocycles. The lowest BCUT2D eigenvalue weighted by Gasteiger charge is -2.33. The van der Waals surface area contributed by atoms with Crippen molar-refractivity contribution in [2.45, 2.75) is 19.1 Å². The molecule has 0 amide bonds. The molecular weight excluding hydrogens is 267 g/mol. The van der Waals surface area contributed by atoms with E-state index in [9.17, 15) is 4.39 Å². The Morgan fingerprint density at radius 1 is 1.19 bits per heavy atom. The van der Waals surface area contributed by atoms with Crippen LogP contribution in [0.15, 0.2) is 48.8 Å². The Morgan fingerprint density at radius 3 is 2.81 bits per heavy atom. The number of pyridine rings is 1. The van der Waals surface area contributed by atoms with Gasteiger partial charge < -0.3 is 4.74 Å². The van der Waals surface area contributed by atoms with E-state index in [0.717, 1.165) is 38.2 Å². The number of halogens is 1. The minimum absolute atomic E-state index is 0.185. The predicted octanol–water partition coefficient (Wildman–Crippen LogP) is 2.66. The summed E-state index contributed by atoms with van der Waals surface area (Å²) < 4.78 is 18.8. The Labute approximate surface area is 124 Å². The second kappa shape index (κ2) is 6.78. The Hall–Kier alpha value is -1.78. The van der Waals surface area contributed by atoms with E-state index in [-0.39, 0.29) is 11.9 Å². The first-order valence-electron chi connectivity index (χ1n) is 7.27. The van der Waals surface area contributed by atoms with Gasteiger partial charge in [0.2, 0.25) is 0 Å². The van der Waals surface area contributed by atoms with Crippen LogP contribution in [0.4, 0.5) is 4.39 Å². The van der Waals surface area contributed by atoms with Gasteiger partial charge in [0.15, 0.2) is 0 Å². The molecule has 2 heterocycles. The number of aromatic nitrogens is 1. The fourth-order valence-electron chi connectivity index (χ4n) is 2.68. The molecular formula is C17H19FN2O. The van der Waals surface area contributed by atoms with Crippen molar-refractivity contribution in [1.29, 1.82) is 0 Å². The summed E-state index contributed by atoms with van der Waals surface area (Å²) in [6.07, 6.45) is 4.76. The number of hydrogen-bond donors (Lipinski definition) is 0. The lowest BCUT2D eigenvalue weighted by atomic mass is 10.1. The molecule has 1 aliphatic rings. The molecule has 110 valence electrons. The summed E-state index contributed by atoms with van der Waals surface area (Å²) in [5.74, 6) is -0.185. The summed E-state index contributed by atoms with van der Waals surface area (Å²) in [7, 11) is 0. The van der Waals surface area contributed by atoms with Crippen molar-refractivity contribution in [1.82, 2.24) is 9.88 Å². The Balaban J connectivity index is 1.57. The van der Waals surface area contributed by atoms with E-state index in [1.807, 2.05) is 24.4 Å². The van der Waals surface area contributed by atoms with Crippen molar-refractivity contribution in [3.8, 4) is 0 Å². The van der Waals surface area contributed by atoms with Gasteiger partial charge in [-0.05, 0) is 29.3 Å². The van der Waals surface area contributed by atoms with E-state index in [2.05, 4.69) is 16.0 Å². The second-order valence-corrected chi connectivity index (χ2v) is 5.42. The number of ether oxygens (including phenoxy) is 1. The molecule has 21 heavy (non-hydrogen) atoms. The van der Waals surface area contributed by atoms with Gasteiger partial charge >= 0.3 is 0 Å². The van der Waals surface area contributed by atoms with Gasteiger partial charge in [-0.3, -0.25) is 9.88 Å². The molecule has 1 saturated heterocycles. The van der Waals surface area contributed by atoms with Crippen LogP contribution in [0.25, 0.3) is 0 Å². The van der Waals surface area contributed by atoms with Crippen LogP contribution in [0.2, 0.25) is 0 Å². The number of rotatable bonds is 4. The van der Waals surface area contributed by atoms with Gasteiger partial charge in [-0.15, -0.1) is 0 Å². The summed E-state index contributed by atoms with van der Waals surface area (Å²) >= 11 is 0. The highest BCUT2D eigenvalue weighted by Gasteiger charge is 2.20. The summed E-state index contributed by atoms with van der Waals surface area (Å²) in [6.45, 7) is 3.40. The van der Waals surface area contributed by atoms with Crippen LogP contribution in [0.5, 0.6) is 0 Å². The number of hydrogen-bond acceptors (Lipinski definition) is 3. The van der Waals surface area contributed by atoms with Crippen molar-refractivity contribution in [3.05, 3.63) is 65.7 Å². The van der Waals surface area contributed by atoms with Gasteiger partial charge in [0.25, 0.3) is 0 Å². The minimum atomic E-state index is -0.185. The summed E-state index contributed by atoms with van der Waals surface area (Å²) in [6, 6.07) is 10.8. The van der Waals surface area contributed by atoms with Gasteiger partial charge in [-0.25, -0.2) is 4.39 Å². The molecule has 1 unspecified atom stereocenters. The van der Waals surface area contributed by atoms with E-state index in [4.69, 9.17) is 4.74 Å². The van der Waals surface area contributed by atoms with Crippen LogP contribution in [0.1, 0.15) is 11.1 Å². The molecule has 1 aromatic heterocycles. The molecule has 0 bridgehead atoms. The number of morpholine rings is 1. The van der Waals surface area contributed by atoms with Crippen molar-refractivity contribution >= 4 is 0 Å². The zero-order valence-electron chi connectivity index (χ0n) is 11.9. The van der Waals surface area contributed by atoms with Crippen LogP contribution >= 0.6 is 0 Å². The fraction of sp³-hybridized carbons (Fsp3) is 0.353. The first kappa shape index (κ1) is 14.2. The van der Waals surface area contributed by atoms with Gasteiger partial charge in [0.1, 0.15) is 5.82 Å². The van der Waals surface area contributed by atoms with Crippen molar-refractivity contribution < 1.29 is 9.13 Å². The molecule has 2 aromatic rings. The first-order chi connectivity index (χ1) is 10.3. The number of benzene rings is 1. The van der Waals surface area contributed by atoms with Crippen LogP contribution in [0, 0.1) is 5.82 Å². The minimum Gasteiger partial charge on any atom is -0.375 e. The molecule has 0 radical (unpaired) electrons. The third-order valence-electron chi connectivity index (χ3n) is 3.73. The van der Waals surface area contributed by atoms with Crippen LogP contribution < -0.4 is 0 Å². The molecule has 0 N–H and O–H groups in total. The van der Waals surface area contributed by atoms with E-state index in [0.29, 0.717) is 0 Å². The molecule has 1 aliphatic heterocycles. The van der Waals surface area contributed by atoms with E-state index >= 15 is 0 Å². The lowest BCUT2D eigenvalue weighted by molar-refractivity contribution is -0.0305. The van der Waals surface area contributed by atoms with Crippen LogP contribution in [-0.2, 0) is 17.7 Å². The Morgan fingerprint density at radius 2 is 2.05 bits per heavy atom. The molecule has 0 spiro atoms. The normalized spacial score (nSPS) is 19.6. The molecule has 0 aliphatic carbocycles. The highest BCUT2D eigenvalue weighted by atomic mass is 19.1. The molecule has 1 atom stereocenters. The highest BCUT2D eigenvalue weighted by Crippen LogP contribution is 2.14. The van der Waals surface area contributed by atoms with Gasteiger partial charge in [0.05, 0.1) is 12.7 Å². The zero-order chi connectivity index (χ0) is 14.5. The van der Waals surface area contributed by atoms with Gasteiger partial charge in [-0.1, -0.05) is 18.2 Å². The maximum Gasteiger partial charge on any atom is 0.123 e. The average molecular weight is 286 g/mol. The summed E-state index contributed by atoms with van der Waals surface area (Å²) in [5.41, 5.74) is 2.34. The molecule has 3 nitrogen and oxygen atoms in total. The first-order valence-corrected chi connectivity index (χ1v) is 7.27. The smallest absolute Gasteiger partial charge is 0.123 e.